The Morgan fingerprint density at radius 3 is 2.69 bits per heavy atom. The van der Waals surface area contributed by atoms with Crippen molar-refractivity contribution >= 4 is 12.0 Å². The second-order valence-corrected chi connectivity index (χ2v) is 3.18. The van der Waals surface area contributed by atoms with Gasteiger partial charge in [-0.3, -0.25) is 4.79 Å². The zero-order valence-electron chi connectivity index (χ0n) is 9.03. The molecule has 0 aliphatic heterocycles. The second kappa shape index (κ2) is 5.75. The smallest absolute Gasteiger partial charge is 0.409 e. The van der Waals surface area contributed by atoms with Crippen LogP contribution < -0.4 is 15.8 Å². The summed E-state index contributed by atoms with van der Waals surface area (Å²) < 4.78 is 4.96. The highest BCUT2D eigenvalue weighted by Gasteiger charge is 2.11. The summed E-state index contributed by atoms with van der Waals surface area (Å²) in [5.74, 6) is -0.456. The number of amides is 2. The predicted octanol–water partition coefficient (Wildman–Crippen LogP) is 1.28. The van der Waals surface area contributed by atoms with Gasteiger partial charge in [0.1, 0.15) is 5.75 Å². The maximum atomic E-state index is 11.3. The Bertz CT molecular complexity index is 391. The molecule has 0 spiro atoms. The molecule has 1 rings (SSSR count). The third-order valence-corrected chi connectivity index (χ3v) is 1.87. The number of carbonyl (C=O) groups excluding carboxylic acids is 2. The summed E-state index contributed by atoms with van der Waals surface area (Å²) in [4.78, 5) is 22.3. The number of para-hydroxylation sites is 1. The van der Waals surface area contributed by atoms with Crippen molar-refractivity contribution in [3.8, 4) is 5.75 Å². The monoisotopic (exact) mass is 222 g/mol. The van der Waals surface area contributed by atoms with Gasteiger partial charge in [0.05, 0.1) is 5.56 Å². The fourth-order valence-electron chi connectivity index (χ4n) is 1.12. The lowest BCUT2D eigenvalue weighted by Crippen LogP contribution is -2.28. The fraction of sp³-hybridized carbons (Fsp3) is 0.273. The minimum Gasteiger partial charge on any atom is -0.409 e. The van der Waals surface area contributed by atoms with E-state index in [2.05, 4.69) is 5.32 Å². The van der Waals surface area contributed by atoms with Crippen molar-refractivity contribution in [1.82, 2.24) is 5.32 Å². The second-order valence-electron chi connectivity index (χ2n) is 3.18. The molecule has 1 aromatic carbocycles. The maximum Gasteiger partial charge on any atom is 0.412 e. The average molecular weight is 222 g/mol. The van der Waals surface area contributed by atoms with Crippen LogP contribution in [0.15, 0.2) is 24.3 Å². The molecular formula is C11H14N2O3. The first-order valence-electron chi connectivity index (χ1n) is 4.99. The molecule has 0 bridgehead atoms. The molecular weight excluding hydrogens is 208 g/mol. The van der Waals surface area contributed by atoms with E-state index in [0.29, 0.717) is 6.54 Å². The van der Waals surface area contributed by atoms with Gasteiger partial charge in [0.25, 0.3) is 5.91 Å². The summed E-state index contributed by atoms with van der Waals surface area (Å²) in [7, 11) is 0. The summed E-state index contributed by atoms with van der Waals surface area (Å²) in [6.07, 6.45) is 0.225. The lowest BCUT2D eigenvalue weighted by atomic mass is 10.2. The lowest BCUT2D eigenvalue weighted by molar-refractivity contribution is 0.0998. The number of nitrogens with one attached hydrogen (secondary N) is 1. The van der Waals surface area contributed by atoms with Gasteiger partial charge < -0.3 is 15.8 Å². The van der Waals surface area contributed by atoms with Crippen LogP contribution in [0.5, 0.6) is 5.75 Å². The van der Waals surface area contributed by atoms with E-state index in [-0.39, 0.29) is 11.3 Å². The number of rotatable bonds is 4. The van der Waals surface area contributed by atoms with Gasteiger partial charge in [-0.1, -0.05) is 19.1 Å². The zero-order chi connectivity index (χ0) is 12.0. The summed E-state index contributed by atoms with van der Waals surface area (Å²) >= 11 is 0. The van der Waals surface area contributed by atoms with Crippen LogP contribution in [0.25, 0.3) is 0 Å². The standard InChI is InChI=1S/C11H14N2O3/c1-2-7-13-11(15)16-9-6-4-3-5-8(9)10(12)14/h3-6H,2,7H2,1H3,(H2,12,14)(H,13,15). The van der Waals surface area contributed by atoms with Gasteiger partial charge >= 0.3 is 6.09 Å². The van der Waals surface area contributed by atoms with Crippen molar-refractivity contribution in [3.63, 3.8) is 0 Å². The van der Waals surface area contributed by atoms with Crippen molar-refractivity contribution in [2.75, 3.05) is 6.54 Å². The largest absolute Gasteiger partial charge is 0.412 e. The molecule has 2 amide bonds. The average Bonchev–Trinajstić information content (AvgIpc) is 2.27. The zero-order valence-corrected chi connectivity index (χ0v) is 9.03. The molecule has 86 valence electrons. The first kappa shape index (κ1) is 12.0. The van der Waals surface area contributed by atoms with Crippen LogP contribution in [0.1, 0.15) is 23.7 Å². The highest BCUT2D eigenvalue weighted by molar-refractivity contribution is 5.96. The molecule has 0 atom stereocenters. The van der Waals surface area contributed by atoms with E-state index in [4.69, 9.17) is 10.5 Å². The van der Waals surface area contributed by atoms with Gasteiger partial charge in [-0.05, 0) is 18.6 Å². The Morgan fingerprint density at radius 1 is 1.38 bits per heavy atom. The van der Waals surface area contributed by atoms with E-state index in [1.807, 2.05) is 6.92 Å². The Labute approximate surface area is 93.6 Å². The van der Waals surface area contributed by atoms with Gasteiger partial charge in [-0.15, -0.1) is 0 Å². The van der Waals surface area contributed by atoms with E-state index in [9.17, 15) is 9.59 Å². The molecule has 0 heterocycles. The lowest BCUT2D eigenvalue weighted by Gasteiger charge is -2.08. The fourth-order valence-corrected chi connectivity index (χ4v) is 1.12. The highest BCUT2D eigenvalue weighted by atomic mass is 16.6. The minimum atomic E-state index is -0.626. The van der Waals surface area contributed by atoms with E-state index >= 15 is 0 Å². The predicted molar refractivity (Wildman–Crippen MR) is 59.3 cm³/mol. The van der Waals surface area contributed by atoms with Gasteiger partial charge in [0.15, 0.2) is 0 Å². The summed E-state index contributed by atoms with van der Waals surface area (Å²) in [6.45, 7) is 2.45. The van der Waals surface area contributed by atoms with Crippen molar-refractivity contribution in [2.24, 2.45) is 5.73 Å². The van der Waals surface area contributed by atoms with E-state index in [1.165, 1.54) is 12.1 Å². The van der Waals surface area contributed by atoms with E-state index in [1.54, 1.807) is 12.1 Å². The van der Waals surface area contributed by atoms with Gasteiger partial charge in [-0.25, -0.2) is 4.79 Å². The quantitative estimate of drug-likeness (QED) is 0.805. The summed E-state index contributed by atoms with van der Waals surface area (Å²) in [6, 6.07) is 6.34. The molecule has 3 N–H and O–H groups in total. The molecule has 0 aliphatic carbocycles. The van der Waals surface area contributed by atoms with Crippen LogP contribution in [0.3, 0.4) is 0 Å². The molecule has 5 nitrogen and oxygen atoms in total. The summed E-state index contributed by atoms with van der Waals surface area (Å²) in [5.41, 5.74) is 5.33. The molecule has 0 aromatic heterocycles. The number of carbonyl (C=O) groups is 2. The molecule has 0 saturated heterocycles. The van der Waals surface area contributed by atoms with Gasteiger partial charge in [-0.2, -0.15) is 0 Å². The number of nitrogens with two attached hydrogens (primary N) is 1. The molecule has 0 unspecified atom stereocenters. The Morgan fingerprint density at radius 2 is 2.06 bits per heavy atom. The van der Waals surface area contributed by atoms with Crippen molar-refractivity contribution in [1.29, 1.82) is 0 Å². The maximum absolute atomic E-state index is 11.3. The number of hydrogen-bond acceptors (Lipinski definition) is 3. The summed E-state index contributed by atoms with van der Waals surface area (Å²) in [5, 5.41) is 2.53. The van der Waals surface area contributed by atoms with Crippen LogP contribution in [-0.2, 0) is 0 Å². The van der Waals surface area contributed by atoms with Gasteiger partial charge in [0, 0.05) is 6.54 Å². The van der Waals surface area contributed by atoms with Crippen molar-refractivity contribution < 1.29 is 14.3 Å². The first-order valence-corrected chi connectivity index (χ1v) is 4.99. The SMILES string of the molecule is CCCNC(=O)Oc1ccccc1C(N)=O. The third kappa shape index (κ3) is 3.27. The molecule has 0 fully saturated rings. The minimum absolute atomic E-state index is 0.170. The number of hydrogen-bond donors (Lipinski definition) is 2. The van der Waals surface area contributed by atoms with Crippen LogP contribution in [0.2, 0.25) is 0 Å². The number of benzene rings is 1. The Kier molecular flexibility index (Phi) is 4.32. The van der Waals surface area contributed by atoms with E-state index < -0.39 is 12.0 Å². The van der Waals surface area contributed by atoms with Crippen LogP contribution in [-0.4, -0.2) is 18.5 Å². The normalized spacial score (nSPS) is 9.56. The highest BCUT2D eigenvalue weighted by Crippen LogP contribution is 2.16. The Balaban J connectivity index is 2.73. The van der Waals surface area contributed by atoms with Crippen molar-refractivity contribution in [2.45, 2.75) is 13.3 Å². The molecule has 16 heavy (non-hydrogen) atoms. The molecule has 0 aliphatic rings. The third-order valence-electron chi connectivity index (χ3n) is 1.87. The van der Waals surface area contributed by atoms with E-state index in [0.717, 1.165) is 6.42 Å². The van der Waals surface area contributed by atoms with Crippen LogP contribution in [0.4, 0.5) is 4.79 Å². The number of primary amides is 1. The molecule has 0 radical (unpaired) electrons. The Hall–Kier alpha value is -2.04. The molecule has 5 heteroatoms. The van der Waals surface area contributed by atoms with Gasteiger partial charge in [0.2, 0.25) is 0 Å². The van der Waals surface area contributed by atoms with Crippen molar-refractivity contribution in [3.05, 3.63) is 29.8 Å². The van der Waals surface area contributed by atoms with Crippen LogP contribution in [0, 0.1) is 0 Å². The molecule has 0 saturated carbocycles. The topological polar surface area (TPSA) is 81.4 Å². The van der Waals surface area contributed by atoms with Crippen LogP contribution >= 0.6 is 0 Å². The first-order chi connectivity index (χ1) is 7.65. The molecule has 1 aromatic rings. The number of ether oxygens (including phenoxy) is 1.